The van der Waals surface area contributed by atoms with Crippen LogP contribution in [0.1, 0.15) is 54.1 Å². The quantitative estimate of drug-likeness (QED) is 0.680. The largest absolute Gasteiger partial charge is 0.501 e. The first-order valence-electron chi connectivity index (χ1n) is 11.6. The van der Waals surface area contributed by atoms with Crippen LogP contribution < -0.4 is 10.9 Å². The Bertz CT molecular complexity index is 1240. The second-order valence-electron chi connectivity index (χ2n) is 8.87. The molecule has 1 aromatic carbocycles. The van der Waals surface area contributed by atoms with Crippen LogP contribution in [0.25, 0.3) is 0 Å². The first kappa shape index (κ1) is 24.3. The van der Waals surface area contributed by atoms with E-state index >= 15 is 0 Å². The van der Waals surface area contributed by atoms with Gasteiger partial charge in [-0.2, -0.15) is 0 Å². The molecule has 0 radical (unpaired) electrons. The Hall–Kier alpha value is -3.82. The second kappa shape index (κ2) is 10.2. The van der Waals surface area contributed by atoms with Gasteiger partial charge in [0, 0.05) is 32.3 Å². The van der Waals surface area contributed by atoms with E-state index in [0.29, 0.717) is 18.5 Å². The molecule has 2 N–H and O–H groups in total. The van der Waals surface area contributed by atoms with E-state index in [1.54, 1.807) is 11.1 Å². The van der Waals surface area contributed by atoms with Gasteiger partial charge in [0.05, 0.1) is 6.04 Å². The van der Waals surface area contributed by atoms with E-state index in [0.717, 1.165) is 12.8 Å². The van der Waals surface area contributed by atoms with Gasteiger partial charge in [0.2, 0.25) is 11.7 Å². The molecule has 1 fully saturated rings. The van der Waals surface area contributed by atoms with Crippen molar-refractivity contribution in [3.8, 4) is 5.75 Å². The number of allylic oxidation sites excluding steroid dienone is 1. The van der Waals surface area contributed by atoms with Gasteiger partial charge in [0.15, 0.2) is 5.69 Å². The summed E-state index contributed by atoms with van der Waals surface area (Å²) in [5.41, 5.74) is -0.536. The third-order valence-corrected chi connectivity index (χ3v) is 6.47. The van der Waals surface area contributed by atoms with Gasteiger partial charge in [0.25, 0.3) is 11.5 Å². The number of aromatic nitrogens is 2. The number of hydrogen-bond donors (Lipinski definition) is 2. The van der Waals surface area contributed by atoms with Crippen LogP contribution in [0.2, 0.25) is 0 Å². The molecule has 1 saturated heterocycles. The predicted molar refractivity (Wildman–Crippen MR) is 128 cm³/mol. The Labute approximate surface area is 202 Å². The lowest BCUT2D eigenvalue weighted by Crippen LogP contribution is -2.47. The molecule has 0 aliphatic carbocycles. The highest BCUT2D eigenvalue weighted by Crippen LogP contribution is 2.32. The number of carbonyl (C=O) groups excluding carboxylic acids is 2. The minimum atomic E-state index is -0.771. The summed E-state index contributed by atoms with van der Waals surface area (Å²) in [4.78, 5) is 49.5. The smallest absolute Gasteiger partial charge is 0.296 e. The van der Waals surface area contributed by atoms with E-state index in [-0.39, 0.29) is 24.2 Å². The number of hydrogen-bond acceptors (Lipinski definition) is 6. The Morgan fingerprint density at radius 3 is 2.69 bits per heavy atom. The van der Waals surface area contributed by atoms with E-state index in [1.165, 1.54) is 35.9 Å². The van der Waals surface area contributed by atoms with E-state index in [4.69, 9.17) is 0 Å². The Balaban J connectivity index is 1.63. The van der Waals surface area contributed by atoms with Gasteiger partial charge in [-0.25, -0.2) is 9.37 Å². The molecule has 0 saturated carbocycles. The van der Waals surface area contributed by atoms with Crippen molar-refractivity contribution in [2.24, 2.45) is 18.0 Å². The van der Waals surface area contributed by atoms with Crippen molar-refractivity contribution in [2.75, 3.05) is 6.54 Å². The fraction of sp³-hybridized carbons (Fsp3) is 0.400. The third-order valence-electron chi connectivity index (χ3n) is 6.47. The van der Waals surface area contributed by atoms with E-state index in [1.807, 2.05) is 19.1 Å². The number of aromatic hydroxyl groups is 1. The van der Waals surface area contributed by atoms with Crippen molar-refractivity contribution in [3.63, 3.8) is 0 Å². The molecule has 10 heteroatoms. The van der Waals surface area contributed by atoms with Gasteiger partial charge in [-0.3, -0.25) is 23.9 Å². The molecule has 3 heterocycles. The maximum atomic E-state index is 13.4. The average molecular weight is 482 g/mol. The highest BCUT2D eigenvalue weighted by molar-refractivity contribution is 5.94. The number of dihydropyridines is 1. The summed E-state index contributed by atoms with van der Waals surface area (Å²) < 4.78 is 14.3. The number of nitrogens with zero attached hydrogens (tertiary/aromatic N) is 4. The number of aliphatic imine (C=N–C) groups is 1. The lowest BCUT2D eigenvalue weighted by Gasteiger charge is -2.38. The molecule has 9 nitrogen and oxygen atoms in total. The van der Waals surface area contributed by atoms with Crippen molar-refractivity contribution < 1.29 is 19.1 Å². The zero-order valence-electron chi connectivity index (χ0n) is 19.6. The summed E-state index contributed by atoms with van der Waals surface area (Å²) in [5, 5.41) is 13.0. The monoisotopic (exact) mass is 481 g/mol. The van der Waals surface area contributed by atoms with Crippen LogP contribution in [0.4, 0.5) is 4.39 Å². The second-order valence-corrected chi connectivity index (χ2v) is 8.87. The van der Waals surface area contributed by atoms with Crippen LogP contribution >= 0.6 is 0 Å². The standard InChI is InChI=1S/C25H28FN5O4/c1-15-6-5-12-27-19(15)24(34)31-13-4-3-7-18(31)22-29-20(21(32)25(35)30(22)2)23(33)28-14-16-8-10-17(26)11-9-16/h5-6,8-12,15,18-19,32H,3-4,7,13-14H2,1-2H3,(H,28,33). The zero-order valence-corrected chi connectivity index (χ0v) is 19.6. The summed E-state index contributed by atoms with van der Waals surface area (Å²) in [5.74, 6) is -1.90. The molecule has 0 bridgehead atoms. The van der Waals surface area contributed by atoms with Gasteiger partial charge in [-0.05, 0) is 43.0 Å². The molecule has 2 aliphatic rings. The lowest BCUT2D eigenvalue weighted by molar-refractivity contribution is -0.137. The highest BCUT2D eigenvalue weighted by Gasteiger charge is 2.37. The van der Waals surface area contributed by atoms with Crippen molar-refractivity contribution in [1.82, 2.24) is 19.8 Å². The summed E-state index contributed by atoms with van der Waals surface area (Å²) in [7, 11) is 1.46. The number of rotatable bonds is 5. The van der Waals surface area contributed by atoms with E-state index < -0.39 is 40.8 Å². The molecule has 4 rings (SSSR count). The minimum Gasteiger partial charge on any atom is -0.501 e. The molecule has 0 spiro atoms. The summed E-state index contributed by atoms with van der Waals surface area (Å²) in [6.07, 6.45) is 7.53. The molecule has 3 atom stereocenters. The molecule has 184 valence electrons. The summed E-state index contributed by atoms with van der Waals surface area (Å²) in [6, 6.07) is 4.49. The first-order chi connectivity index (χ1) is 16.8. The van der Waals surface area contributed by atoms with Crippen LogP contribution in [-0.2, 0) is 18.4 Å². The van der Waals surface area contributed by atoms with Crippen LogP contribution in [0.3, 0.4) is 0 Å². The Kier molecular flexibility index (Phi) is 7.09. The average Bonchev–Trinajstić information content (AvgIpc) is 2.87. The molecule has 35 heavy (non-hydrogen) atoms. The molecular weight excluding hydrogens is 453 g/mol. The van der Waals surface area contributed by atoms with Crippen LogP contribution in [0.15, 0.2) is 46.2 Å². The molecule has 3 unspecified atom stereocenters. The molecule has 1 aromatic heterocycles. The number of nitrogens with one attached hydrogen (secondary N) is 1. The zero-order chi connectivity index (χ0) is 25.1. The van der Waals surface area contributed by atoms with Gasteiger partial charge >= 0.3 is 0 Å². The van der Waals surface area contributed by atoms with Gasteiger partial charge in [0.1, 0.15) is 17.7 Å². The molecule has 2 aliphatic heterocycles. The minimum absolute atomic E-state index is 0.0594. The molecular formula is C25H28FN5O4. The Morgan fingerprint density at radius 2 is 1.97 bits per heavy atom. The van der Waals surface area contributed by atoms with Crippen molar-refractivity contribution >= 4 is 18.0 Å². The van der Waals surface area contributed by atoms with E-state index in [2.05, 4.69) is 15.3 Å². The van der Waals surface area contributed by atoms with Crippen molar-refractivity contribution in [1.29, 1.82) is 0 Å². The fourth-order valence-electron chi connectivity index (χ4n) is 4.46. The SMILES string of the molecule is CC1C=CC=NC1C(=O)N1CCCCC1c1nc(C(=O)NCc2ccc(F)cc2)c(O)c(=O)n1C. The number of halogens is 1. The van der Waals surface area contributed by atoms with Crippen LogP contribution in [0.5, 0.6) is 5.75 Å². The lowest BCUT2D eigenvalue weighted by atomic mass is 9.95. The maximum Gasteiger partial charge on any atom is 0.296 e. The van der Waals surface area contributed by atoms with Crippen molar-refractivity contribution in [2.45, 2.75) is 44.8 Å². The number of amides is 2. The number of carbonyl (C=O) groups is 2. The first-order valence-corrected chi connectivity index (χ1v) is 11.6. The van der Waals surface area contributed by atoms with Crippen LogP contribution in [-0.4, -0.2) is 50.2 Å². The number of benzene rings is 1. The fourth-order valence-corrected chi connectivity index (χ4v) is 4.46. The number of piperidine rings is 1. The predicted octanol–water partition coefficient (Wildman–Crippen LogP) is 2.25. The van der Waals surface area contributed by atoms with Gasteiger partial charge in [-0.1, -0.05) is 25.1 Å². The number of likely N-dealkylation sites (tertiary alicyclic amines) is 1. The third kappa shape index (κ3) is 5.01. The maximum absolute atomic E-state index is 13.4. The molecule has 2 amide bonds. The topological polar surface area (TPSA) is 117 Å². The summed E-state index contributed by atoms with van der Waals surface area (Å²) >= 11 is 0. The van der Waals surface area contributed by atoms with Crippen LogP contribution in [0, 0.1) is 11.7 Å². The Morgan fingerprint density at radius 1 is 1.23 bits per heavy atom. The van der Waals surface area contributed by atoms with Gasteiger partial charge in [-0.15, -0.1) is 0 Å². The normalized spacial score (nSPS) is 21.7. The van der Waals surface area contributed by atoms with Crippen molar-refractivity contribution in [3.05, 3.63) is 69.7 Å². The highest BCUT2D eigenvalue weighted by atomic mass is 19.1. The van der Waals surface area contributed by atoms with E-state index in [9.17, 15) is 23.9 Å². The summed E-state index contributed by atoms with van der Waals surface area (Å²) in [6.45, 7) is 2.46. The molecule has 2 aromatic rings. The van der Waals surface area contributed by atoms with Gasteiger partial charge < -0.3 is 15.3 Å².